The fourth-order valence-corrected chi connectivity index (χ4v) is 1.63. The van der Waals surface area contributed by atoms with Gasteiger partial charge >= 0.3 is 0 Å². The molecular weight excluding hydrogens is 206 g/mol. The van der Waals surface area contributed by atoms with Crippen molar-refractivity contribution in [3.05, 3.63) is 35.9 Å². The Morgan fingerprint density at radius 2 is 1.88 bits per heavy atom. The summed E-state index contributed by atoms with van der Waals surface area (Å²) in [6.07, 6.45) is -0.229. The summed E-state index contributed by atoms with van der Waals surface area (Å²) in [4.78, 5) is 22.3. The van der Waals surface area contributed by atoms with Crippen LogP contribution in [0.3, 0.4) is 0 Å². The minimum atomic E-state index is -0.691. The van der Waals surface area contributed by atoms with Crippen LogP contribution >= 0.6 is 0 Å². The maximum Gasteiger partial charge on any atom is 0.249 e. The van der Waals surface area contributed by atoms with Gasteiger partial charge in [-0.3, -0.25) is 9.59 Å². The average Bonchev–Trinajstić information content (AvgIpc) is 3.07. The molecule has 1 aliphatic rings. The van der Waals surface area contributed by atoms with Crippen molar-refractivity contribution in [1.82, 2.24) is 0 Å². The summed E-state index contributed by atoms with van der Waals surface area (Å²) in [6, 6.07) is 9.72. The number of carbonyl (C=O) groups excluding carboxylic acids is 2. The zero-order valence-electron chi connectivity index (χ0n) is 8.76. The predicted octanol–water partition coefficient (Wildman–Crippen LogP) is 0.441. The number of aryl methyl sites for hydroxylation is 1. The van der Waals surface area contributed by atoms with Gasteiger partial charge in [0, 0.05) is 6.42 Å². The number of rotatable bonds is 5. The van der Waals surface area contributed by atoms with Crippen molar-refractivity contribution in [3.63, 3.8) is 0 Å². The van der Waals surface area contributed by atoms with E-state index < -0.39 is 18.1 Å². The van der Waals surface area contributed by atoms with E-state index in [1.54, 1.807) is 0 Å². The maximum atomic E-state index is 11.6. The molecule has 1 aromatic carbocycles. The van der Waals surface area contributed by atoms with E-state index in [4.69, 9.17) is 10.5 Å². The van der Waals surface area contributed by atoms with E-state index in [1.165, 1.54) is 0 Å². The highest BCUT2D eigenvalue weighted by Crippen LogP contribution is 2.24. The molecule has 0 saturated carbocycles. The molecule has 4 nitrogen and oxygen atoms in total. The topological polar surface area (TPSA) is 72.7 Å². The van der Waals surface area contributed by atoms with Gasteiger partial charge in [-0.15, -0.1) is 0 Å². The Labute approximate surface area is 93.4 Å². The summed E-state index contributed by atoms with van der Waals surface area (Å²) in [5.74, 6) is -0.606. The smallest absolute Gasteiger partial charge is 0.249 e. The van der Waals surface area contributed by atoms with Crippen LogP contribution in [0.25, 0.3) is 0 Å². The first-order chi connectivity index (χ1) is 7.68. The van der Waals surface area contributed by atoms with Crippen LogP contribution in [0.5, 0.6) is 0 Å². The number of nitrogens with two attached hydrogens (primary N) is 1. The number of hydrogen-bond acceptors (Lipinski definition) is 3. The first-order valence-corrected chi connectivity index (χ1v) is 5.20. The van der Waals surface area contributed by atoms with Crippen molar-refractivity contribution in [1.29, 1.82) is 0 Å². The van der Waals surface area contributed by atoms with E-state index in [2.05, 4.69) is 0 Å². The van der Waals surface area contributed by atoms with E-state index in [-0.39, 0.29) is 5.78 Å². The number of hydrogen-bond donors (Lipinski definition) is 1. The van der Waals surface area contributed by atoms with Crippen LogP contribution in [0.2, 0.25) is 0 Å². The van der Waals surface area contributed by atoms with Gasteiger partial charge in [-0.25, -0.2) is 0 Å². The second kappa shape index (κ2) is 4.45. The van der Waals surface area contributed by atoms with Crippen molar-refractivity contribution in [2.75, 3.05) is 0 Å². The Balaban J connectivity index is 1.80. The standard InChI is InChI=1S/C12H13NO3/c13-12(15)11-10(16-11)9(14)7-6-8-4-2-1-3-5-8/h1-5,10-11H,6-7H2,(H2,13,15). The maximum absolute atomic E-state index is 11.6. The van der Waals surface area contributed by atoms with Crippen LogP contribution < -0.4 is 5.73 Å². The van der Waals surface area contributed by atoms with Gasteiger partial charge < -0.3 is 10.5 Å². The van der Waals surface area contributed by atoms with Gasteiger partial charge in [-0.2, -0.15) is 0 Å². The largest absolute Gasteiger partial charge is 0.367 e. The Bertz CT molecular complexity index is 402. The van der Waals surface area contributed by atoms with Crippen LogP contribution in [0.15, 0.2) is 30.3 Å². The Kier molecular flexibility index (Phi) is 3.01. The van der Waals surface area contributed by atoms with E-state index in [0.717, 1.165) is 5.56 Å². The molecule has 2 N–H and O–H groups in total. The Morgan fingerprint density at radius 1 is 1.19 bits per heavy atom. The third kappa shape index (κ3) is 2.46. The van der Waals surface area contributed by atoms with Gasteiger partial charge in [0.05, 0.1) is 0 Å². The molecule has 1 aromatic rings. The second-order valence-electron chi connectivity index (χ2n) is 3.83. The number of amides is 1. The number of ether oxygens (including phenoxy) is 1. The molecule has 1 heterocycles. The molecule has 84 valence electrons. The Morgan fingerprint density at radius 3 is 2.44 bits per heavy atom. The van der Waals surface area contributed by atoms with Gasteiger partial charge in [0.15, 0.2) is 18.0 Å². The second-order valence-corrected chi connectivity index (χ2v) is 3.83. The first kappa shape index (κ1) is 10.8. The molecule has 16 heavy (non-hydrogen) atoms. The fourth-order valence-electron chi connectivity index (χ4n) is 1.63. The number of epoxide rings is 1. The molecule has 0 spiro atoms. The molecule has 0 radical (unpaired) electrons. The molecule has 2 atom stereocenters. The number of Topliss-reactive ketones (excluding diaryl/α,β-unsaturated/α-hetero) is 1. The van der Waals surface area contributed by atoms with Gasteiger partial charge in [0.25, 0.3) is 0 Å². The lowest BCUT2D eigenvalue weighted by Gasteiger charge is -1.98. The van der Waals surface area contributed by atoms with Crippen molar-refractivity contribution >= 4 is 11.7 Å². The van der Waals surface area contributed by atoms with Gasteiger partial charge in [0.2, 0.25) is 5.91 Å². The Hall–Kier alpha value is -1.68. The molecule has 1 amide bonds. The van der Waals surface area contributed by atoms with Crippen molar-refractivity contribution in [2.24, 2.45) is 5.73 Å². The van der Waals surface area contributed by atoms with Crippen LogP contribution in [0.1, 0.15) is 12.0 Å². The minimum absolute atomic E-state index is 0.0485. The van der Waals surface area contributed by atoms with Crippen LogP contribution in [-0.2, 0) is 20.7 Å². The summed E-state index contributed by atoms with van der Waals surface area (Å²) < 4.78 is 4.90. The first-order valence-electron chi connectivity index (χ1n) is 5.20. The summed E-state index contributed by atoms with van der Waals surface area (Å²) in [5, 5.41) is 0. The summed E-state index contributed by atoms with van der Waals surface area (Å²) in [7, 11) is 0. The zero-order valence-corrected chi connectivity index (χ0v) is 8.76. The SMILES string of the molecule is NC(=O)C1OC1C(=O)CCc1ccccc1. The lowest BCUT2D eigenvalue weighted by atomic mass is 10.1. The number of carbonyl (C=O) groups is 2. The van der Waals surface area contributed by atoms with Crippen LogP contribution in [0.4, 0.5) is 0 Å². The minimum Gasteiger partial charge on any atom is -0.367 e. The molecule has 0 bridgehead atoms. The molecule has 1 aliphatic heterocycles. The monoisotopic (exact) mass is 219 g/mol. The molecule has 0 aliphatic carbocycles. The van der Waals surface area contributed by atoms with Crippen molar-refractivity contribution < 1.29 is 14.3 Å². The predicted molar refractivity (Wildman–Crippen MR) is 57.6 cm³/mol. The molecule has 4 heteroatoms. The van der Waals surface area contributed by atoms with E-state index >= 15 is 0 Å². The van der Waals surface area contributed by atoms with Gasteiger partial charge in [0.1, 0.15) is 0 Å². The molecule has 2 unspecified atom stereocenters. The molecular formula is C12H13NO3. The van der Waals surface area contributed by atoms with Crippen molar-refractivity contribution in [2.45, 2.75) is 25.0 Å². The number of primary amides is 1. The van der Waals surface area contributed by atoms with Gasteiger partial charge in [-0.1, -0.05) is 30.3 Å². The van der Waals surface area contributed by atoms with E-state index in [0.29, 0.717) is 12.8 Å². The highest BCUT2D eigenvalue weighted by molar-refractivity contribution is 5.95. The van der Waals surface area contributed by atoms with Gasteiger partial charge in [-0.05, 0) is 12.0 Å². The van der Waals surface area contributed by atoms with Crippen molar-refractivity contribution in [3.8, 4) is 0 Å². The quantitative estimate of drug-likeness (QED) is 0.730. The van der Waals surface area contributed by atoms with E-state index in [9.17, 15) is 9.59 Å². The highest BCUT2D eigenvalue weighted by atomic mass is 16.6. The molecule has 1 fully saturated rings. The molecule has 2 rings (SSSR count). The summed E-state index contributed by atoms with van der Waals surface area (Å²) in [6.45, 7) is 0. The third-order valence-electron chi connectivity index (χ3n) is 2.59. The number of benzene rings is 1. The summed E-state index contributed by atoms with van der Waals surface area (Å²) >= 11 is 0. The van der Waals surface area contributed by atoms with Crippen LogP contribution in [-0.4, -0.2) is 23.9 Å². The molecule has 0 aromatic heterocycles. The van der Waals surface area contributed by atoms with Crippen LogP contribution in [0, 0.1) is 0 Å². The lowest BCUT2D eigenvalue weighted by molar-refractivity contribution is -0.121. The lowest BCUT2D eigenvalue weighted by Crippen LogP contribution is -2.23. The zero-order chi connectivity index (χ0) is 11.5. The highest BCUT2D eigenvalue weighted by Gasteiger charge is 2.48. The normalized spacial score (nSPS) is 22.8. The molecule has 1 saturated heterocycles. The average molecular weight is 219 g/mol. The fraction of sp³-hybridized carbons (Fsp3) is 0.333. The summed E-state index contributed by atoms with van der Waals surface area (Å²) in [5.41, 5.74) is 6.12. The van der Waals surface area contributed by atoms with E-state index in [1.807, 2.05) is 30.3 Å². The number of ketones is 1. The third-order valence-corrected chi connectivity index (χ3v) is 2.59.